The normalized spacial score (nSPS) is 29.2. The van der Waals surface area contributed by atoms with Gasteiger partial charge in [-0.1, -0.05) is 6.92 Å². The highest BCUT2D eigenvalue weighted by Gasteiger charge is 2.43. The third-order valence-corrected chi connectivity index (χ3v) is 5.18. The smallest absolute Gasteiger partial charge is 0.0359 e. The van der Waals surface area contributed by atoms with Crippen molar-refractivity contribution < 1.29 is 0 Å². The second kappa shape index (κ2) is 6.53. The number of likely N-dealkylation sites (tertiary alicyclic amines) is 2. The molecule has 2 saturated heterocycles. The van der Waals surface area contributed by atoms with Crippen LogP contribution in [0.2, 0.25) is 0 Å². The zero-order valence-corrected chi connectivity index (χ0v) is 13.1. The van der Waals surface area contributed by atoms with E-state index in [0.29, 0.717) is 6.04 Å². The van der Waals surface area contributed by atoms with Crippen LogP contribution in [0.5, 0.6) is 0 Å². The van der Waals surface area contributed by atoms with Crippen molar-refractivity contribution in [2.24, 2.45) is 5.73 Å². The number of hydrogen-bond donors (Lipinski definition) is 1. The van der Waals surface area contributed by atoms with E-state index in [0.717, 1.165) is 6.54 Å². The molecule has 2 heterocycles. The monoisotopic (exact) mass is 268 g/mol. The fraction of sp³-hybridized carbons (Fsp3) is 1.00. The molecular formula is C15H32N4. The number of nitrogens with zero attached hydrogens (tertiary/aromatic N) is 3. The summed E-state index contributed by atoms with van der Waals surface area (Å²) in [6.45, 7) is 9.15. The molecule has 1 unspecified atom stereocenters. The summed E-state index contributed by atoms with van der Waals surface area (Å²) in [4.78, 5) is 7.65. The maximum absolute atomic E-state index is 6.22. The molecule has 0 spiro atoms. The van der Waals surface area contributed by atoms with E-state index in [-0.39, 0.29) is 5.54 Å². The van der Waals surface area contributed by atoms with Crippen LogP contribution in [-0.2, 0) is 0 Å². The van der Waals surface area contributed by atoms with Crippen LogP contribution in [0.3, 0.4) is 0 Å². The molecule has 2 rings (SSSR count). The molecule has 1 atom stereocenters. The molecule has 2 N–H and O–H groups in total. The van der Waals surface area contributed by atoms with Crippen molar-refractivity contribution in [2.45, 2.75) is 44.2 Å². The Bertz CT molecular complexity index is 271. The summed E-state index contributed by atoms with van der Waals surface area (Å²) < 4.78 is 0. The largest absolute Gasteiger partial charge is 0.329 e. The Labute approximate surface area is 118 Å². The maximum Gasteiger partial charge on any atom is 0.0359 e. The van der Waals surface area contributed by atoms with Gasteiger partial charge < -0.3 is 15.5 Å². The van der Waals surface area contributed by atoms with Gasteiger partial charge in [-0.05, 0) is 66.0 Å². The third kappa shape index (κ3) is 3.30. The van der Waals surface area contributed by atoms with Crippen LogP contribution in [0, 0.1) is 0 Å². The summed E-state index contributed by atoms with van der Waals surface area (Å²) >= 11 is 0. The van der Waals surface area contributed by atoms with Crippen molar-refractivity contribution in [1.29, 1.82) is 0 Å². The Hall–Kier alpha value is -0.160. The van der Waals surface area contributed by atoms with Gasteiger partial charge in [0, 0.05) is 24.7 Å². The van der Waals surface area contributed by atoms with Crippen LogP contribution >= 0.6 is 0 Å². The van der Waals surface area contributed by atoms with Gasteiger partial charge in [-0.2, -0.15) is 0 Å². The molecular weight excluding hydrogens is 236 g/mol. The number of nitrogens with two attached hydrogens (primary N) is 1. The first-order valence-electron chi connectivity index (χ1n) is 7.95. The molecule has 0 radical (unpaired) electrons. The minimum Gasteiger partial charge on any atom is -0.329 e. The van der Waals surface area contributed by atoms with E-state index in [1.807, 2.05) is 0 Å². The van der Waals surface area contributed by atoms with Crippen molar-refractivity contribution in [3.8, 4) is 0 Å². The molecule has 0 bridgehead atoms. The molecule has 0 aliphatic carbocycles. The summed E-state index contributed by atoms with van der Waals surface area (Å²) in [5.41, 5.74) is 6.50. The molecule has 2 fully saturated rings. The second-order valence-corrected chi connectivity index (χ2v) is 6.61. The van der Waals surface area contributed by atoms with Crippen molar-refractivity contribution in [2.75, 3.05) is 53.4 Å². The Morgan fingerprint density at radius 1 is 1.21 bits per heavy atom. The van der Waals surface area contributed by atoms with Gasteiger partial charge in [-0.3, -0.25) is 4.90 Å². The van der Waals surface area contributed by atoms with Gasteiger partial charge in [0.15, 0.2) is 0 Å². The lowest BCUT2D eigenvalue weighted by molar-refractivity contribution is 0.0130. The number of hydrogen-bond acceptors (Lipinski definition) is 4. The highest BCUT2D eigenvalue weighted by Crippen LogP contribution is 2.34. The molecule has 0 aromatic carbocycles. The van der Waals surface area contributed by atoms with Crippen LogP contribution < -0.4 is 5.73 Å². The number of rotatable bonds is 5. The lowest BCUT2D eigenvalue weighted by Gasteiger charge is -2.49. The number of piperidine rings is 1. The molecule has 0 aromatic heterocycles. The zero-order valence-electron chi connectivity index (χ0n) is 13.1. The van der Waals surface area contributed by atoms with Crippen molar-refractivity contribution in [3.05, 3.63) is 0 Å². The van der Waals surface area contributed by atoms with Gasteiger partial charge in [0.25, 0.3) is 0 Å². The van der Waals surface area contributed by atoms with Gasteiger partial charge in [0.2, 0.25) is 0 Å². The maximum atomic E-state index is 6.22. The predicted octanol–water partition coefficient (Wildman–Crippen LogP) is 0.826. The minimum atomic E-state index is 0.281. The Morgan fingerprint density at radius 2 is 1.89 bits per heavy atom. The molecule has 2 aliphatic heterocycles. The van der Waals surface area contributed by atoms with E-state index in [2.05, 4.69) is 35.7 Å². The van der Waals surface area contributed by atoms with E-state index < -0.39 is 0 Å². The summed E-state index contributed by atoms with van der Waals surface area (Å²) in [6, 6.07) is 0.715. The molecule has 0 aromatic rings. The summed E-state index contributed by atoms with van der Waals surface area (Å²) in [5.74, 6) is 0. The Balaban J connectivity index is 2.04. The minimum absolute atomic E-state index is 0.281. The Morgan fingerprint density at radius 3 is 2.42 bits per heavy atom. The zero-order chi connectivity index (χ0) is 13.9. The average molecular weight is 268 g/mol. The molecule has 0 saturated carbocycles. The fourth-order valence-electron chi connectivity index (χ4n) is 3.97. The molecule has 4 heteroatoms. The third-order valence-electron chi connectivity index (χ3n) is 5.18. The van der Waals surface area contributed by atoms with Gasteiger partial charge in [0.05, 0.1) is 0 Å². The lowest BCUT2D eigenvalue weighted by atomic mass is 9.85. The highest BCUT2D eigenvalue weighted by atomic mass is 15.3. The van der Waals surface area contributed by atoms with Gasteiger partial charge in [0.1, 0.15) is 0 Å². The quantitative estimate of drug-likeness (QED) is 0.801. The summed E-state index contributed by atoms with van der Waals surface area (Å²) in [7, 11) is 4.37. The standard InChI is InChI=1S/C15H32N4/c1-4-18-10-7-15(13-16,8-11-18)19-9-5-6-14(19)12-17(2)3/h14H,4-13,16H2,1-3H3. The van der Waals surface area contributed by atoms with Crippen molar-refractivity contribution in [1.82, 2.24) is 14.7 Å². The predicted molar refractivity (Wildman–Crippen MR) is 81.4 cm³/mol. The van der Waals surface area contributed by atoms with Crippen LogP contribution in [0.25, 0.3) is 0 Å². The molecule has 2 aliphatic rings. The van der Waals surface area contributed by atoms with Crippen LogP contribution in [0.15, 0.2) is 0 Å². The Kier molecular flexibility index (Phi) is 5.23. The van der Waals surface area contributed by atoms with Crippen LogP contribution in [-0.4, -0.2) is 79.6 Å². The fourth-order valence-corrected chi connectivity index (χ4v) is 3.97. The van der Waals surface area contributed by atoms with Gasteiger partial charge >= 0.3 is 0 Å². The van der Waals surface area contributed by atoms with Crippen LogP contribution in [0.4, 0.5) is 0 Å². The second-order valence-electron chi connectivity index (χ2n) is 6.61. The van der Waals surface area contributed by atoms with E-state index in [9.17, 15) is 0 Å². The average Bonchev–Trinajstić information content (AvgIpc) is 2.86. The lowest BCUT2D eigenvalue weighted by Crippen LogP contribution is -2.61. The van der Waals surface area contributed by atoms with E-state index >= 15 is 0 Å². The number of likely N-dealkylation sites (N-methyl/N-ethyl adjacent to an activating group) is 1. The van der Waals surface area contributed by atoms with Crippen molar-refractivity contribution >= 4 is 0 Å². The summed E-state index contributed by atoms with van der Waals surface area (Å²) in [5, 5.41) is 0. The van der Waals surface area contributed by atoms with E-state index in [1.165, 1.54) is 58.4 Å². The molecule has 4 nitrogen and oxygen atoms in total. The summed E-state index contributed by atoms with van der Waals surface area (Å²) in [6.07, 6.45) is 5.19. The SMILES string of the molecule is CCN1CCC(CN)(N2CCCC2CN(C)C)CC1. The van der Waals surface area contributed by atoms with Gasteiger partial charge in [-0.25, -0.2) is 0 Å². The molecule has 112 valence electrons. The van der Waals surface area contributed by atoms with E-state index in [1.54, 1.807) is 0 Å². The van der Waals surface area contributed by atoms with Crippen molar-refractivity contribution in [3.63, 3.8) is 0 Å². The topological polar surface area (TPSA) is 35.7 Å². The molecule has 19 heavy (non-hydrogen) atoms. The van der Waals surface area contributed by atoms with Crippen LogP contribution in [0.1, 0.15) is 32.6 Å². The van der Waals surface area contributed by atoms with Gasteiger partial charge in [-0.15, -0.1) is 0 Å². The highest BCUT2D eigenvalue weighted by molar-refractivity contribution is 5.01. The first kappa shape index (κ1) is 15.2. The molecule has 0 amide bonds. The first-order chi connectivity index (χ1) is 9.11. The van der Waals surface area contributed by atoms with E-state index in [4.69, 9.17) is 5.73 Å². The first-order valence-corrected chi connectivity index (χ1v) is 7.95.